The maximum atomic E-state index is 8.86. The molecule has 0 fully saturated rings. The molecule has 0 aliphatic rings. The van der Waals surface area contributed by atoms with Crippen LogP contribution in [-0.2, 0) is 0 Å². The lowest BCUT2D eigenvalue weighted by Crippen LogP contribution is -2.41. The fourth-order valence-corrected chi connectivity index (χ4v) is 5.67. The zero-order chi connectivity index (χ0) is 39.4. The van der Waals surface area contributed by atoms with Gasteiger partial charge in [0.1, 0.15) is 29.5 Å². The van der Waals surface area contributed by atoms with Gasteiger partial charge in [0, 0.05) is 53.7 Å². The molecule has 5 heterocycles. The van der Waals surface area contributed by atoms with Crippen molar-refractivity contribution in [2.75, 3.05) is 0 Å². The van der Waals surface area contributed by atoms with E-state index in [1.54, 1.807) is 56.7 Å². The van der Waals surface area contributed by atoms with Gasteiger partial charge in [0.2, 0.25) is 23.3 Å². The molecule has 0 saturated carbocycles. The molecular formula is C33H33N23. The largest absolute Gasteiger partial charge is 0.386 e. The number of rotatable bonds is 14. The summed E-state index contributed by atoms with van der Waals surface area (Å²) < 4.78 is 0. The summed E-state index contributed by atoms with van der Waals surface area (Å²) in [6.45, 7) is 4.98. The van der Waals surface area contributed by atoms with Crippen LogP contribution in [0.4, 0.5) is 0 Å². The number of nitrogens with zero attached hydrogens (tertiary/aromatic N) is 19. The minimum Gasteiger partial charge on any atom is -0.386 e. The Morgan fingerprint density at radius 3 is 1.80 bits per heavy atom. The van der Waals surface area contributed by atoms with Crippen molar-refractivity contribution in [3.05, 3.63) is 90.7 Å². The number of nitrogens with two attached hydrogens (primary N) is 2. The number of nitrogens with one attached hydrogen (secondary N) is 2. The van der Waals surface area contributed by atoms with Gasteiger partial charge in [0.05, 0.1) is 0 Å². The van der Waals surface area contributed by atoms with Gasteiger partial charge in [0.25, 0.3) is 0 Å². The predicted molar refractivity (Wildman–Crippen MR) is 199 cm³/mol. The molecule has 23 heteroatoms. The third kappa shape index (κ3) is 8.84. The Labute approximate surface area is 317 Å². The molecule has 1 aromatic carbocycles. The summed E-state index contributed by atoms with van der Waals surface area (Å²) >= 11 is 0. The molecule has 5 atom stereocenters. The molecule has 0 radical (unpaired) electrons. The molecule has 0 unspecified atom stereocenters. The smallest absolute Gasteiger partial charge is 0.240 e. The Hall–Kier alpha value is -7.85. The third-order valence-electron chi connectivity index (χ3n) is 8.35. The average molecular weight is 752 g/mol. The first kappa shape index (κ1) is 37.9. The molecule has 23 nitrogen and oxygen atoms in total. The van der Waals surface area contributed by atoms with Crippen LogP contribution in [0.25, 0.3) is 34.6 Å². The number of hydrogen-bond acceptors (Lipinski definition) is 19. The van der Waals surface area contributed by atoms with Crippen LogP contribution in [-0.4, -0.2) is 100.0 Å². The molecule has 6 rings (SSSR count). The summed E-state index contributed by atoms with van der Waals surface area (Å²) in [5, 5.41) is 85.0. The average Bonchev–Trinajstić information content (AvgIpc) is 3.25. The van der Waals surface area contributed by atoms with Crippen LogP contribution < -0.4 is 11.5 Å². The summed E-state index contributed by atoms with van der Waals surface area (Å²) in [6, 6.07) is 16.1. The molecule has 5 aromatic heterocycles. The molecule has 0 aliphatic carbocycles. The molecule has 0 spiro atoms. The zero-order valence-electron chi connectivity index (χ0n) is 30.0. The lowest BCUT2D eigenvalue weighted by molar-refractivity contribution is 0.325. The van der Waals surface area contributed by atoms with Crippen molar-refractivity contribution in [1.82, 2.24) is 76.1 Å². The van der Waals surface area contributed by atoms with Crippen molar-refractivity contribution in [2.24, 2.45) is 43.7 Å². The van der Waals surface area contributed by atoms with Crippen LogP contribution >= 0.6 is 0 Å². The van der Waals surface area contributed by atoms with Crippen molar-refractivity contribution >= 4 is 23.8 Å². The van der Waals surface area contributed by atoms with Crippen molar-refractivity contribution in [3.63, 3.8) is 0 Å². The van der Waals surface area contributed by atoms with Crippen LogP contribution in [0.2, 0.25) is 0 Å². The second kappa shape index (κ2) is 17.8. The number of amidine groups is 3. The standard InChI is InChI=1S/C33H33N23/c1-17(25(36)43-41-16-34)22(26(37)44-42-19(3)35)24(31-53-47-28(48-54-31)20-10-5-4-6-11-20)23(30-51-49-29(50-52-30)21-12-7-8-13-38-21)18(2)27-45-55-33(56-46-27)32-39-14-9-15-40-32/h4-18,22-24,34,36H,1-3H3,(H2,35,42)(H2,37,44)/t17-,18-,22+,23+,24+/m0/s1. The van der Waals surface area contributed by atoms with E-state index in [0.717, 1.165) is 0 Å². The predicted octanol–water partition coefficient (Wildman–Crippen LogP) is 2.22. The van der Waals surface area contributed by atoms with E-state index in [2.05, 4.69) is 96.6 Å². The quantitative estimate of drug-likeness (QED) is 0.0536. The first-order valence-electron chi connectivity index (χ1n) is 16.8. The molecule has 6 aromatic rings. The highest BCUT2D eigenvalue weighted by molar-refractivity contribution is 5.92. The lowest BCUT2D eigenvalue weighted by atomic mass is 9.69. The zero-order valence-corrected chi connectivity index (χ0v) is 30.0. The molecule has 0 saturated heterocycles. The number of pyridine rings is 1. The molecule has 56 heavy (non-hydrogen) atoms. The van der Waals surface area contributed by atoms with Gasteiger partial charge in [0.15, 0.2) is 17.5 Å². The molecule has 0 bridgehead atoms. The topological polar surface area (TPSA) is 343 Å². The third-order valence-corrected chi connectivity index (χ3v) is 8.35. The fourth-order valence-electron chi connectivity index (χ4n) is 5.67. The summed E-state index contributed by atoms with van der Waals surface area (Å²) in [4.78, 5) is 12.7. The molecule has 0 amide bonds. The van der Waals surface area contributed by atoms with Crippen molar-refractivity contribution in [2.45, 2.75) is 38.5 Å². The number of aromatic nitrogens is 15. The van der Waals surface area contributed by atoms with Gasteiger partial charge in [-0.05, 0) is 25.1 Å². The van der Waals surface area contributed by atoms with E-state index in [0.29, 0.717) is 17.6 Å². The van der Waals surface area contributed by atoms with E-state index in [1.807, 2.05) is 30.3 Å². The van der Waals surface area contributed by atoms with Gasteiger partial charge in [-0.1, -0.05) is 50.2 Å². The lowest BCUT2D eigenvalue weighted by Gasteiger charge is -2.35. The maximum Gasteiger partial charge on any atom is 0.240 e. The Balaban J connectivity index is 1.57. The SMILES string of the molecule is C/C(N)=N/N=C(\N)[C@@H]([C@@H](c1nnc(-c2ccccc2)nn1)[C@H](c1nnc(-c2ccccn2)nn1)[C@H](C)c1nnc(-c2ncccn2)nn1)[C@H](C)C(=N)N=NC=N. The highest BCUT2D eigenvalue weighted by atomic mass is 15.3. The fraction of sp³-hybridized carbons (Fsp3) is 0.242. The van der Waals surface area contributed by atoms with Crippen LogP contribution in [0, 0.1) is 22.7 Å². The monoisotopic (exact) mass is 751 g/mol. The molecular weight excluding hydrogens is 719 g/mol. The van der Waals surface area contributed by atoms with Crippen LogP contribution in [0.5, 0.6) is 0 Å². The van der Waals surface area contributed by atoms with Crippen LogP contribution in [0.15, 0.2) is 93.6 Å². The normalized spacial score (nSPS) is 14.8. The van der Waals surface area contributed by atoms with E-state index in [9.17, 15) is 0 Å². The minimum atomic E-state index is -1.07. The van der Waals surface area contributed by atoms with E-state index in [1.165, 1.54) is 6.92 Å². The molecule has 280 valence electrons. The van der Waals surface area contributed by atoms with Gasteiger partial charge in [-0.15, -0.1) is 81.6 Å². The van der Waals surface area contributed by atoms with E-state index < -0.39 is 29.6 Å². The Bertz CT molecular complexity index is 2300. The summed E-state index contributed by atoms with van der Waals surface area (Å²) in [7, 11) is 0. The number of hydrogen-bond donors (Lipinski definition) is 4. The van der Waals surface area contributed by atoms with E-state index >= 15 is 0 Å². The van der Waals surface area contributed by atoms with Gasteiger partial charge in [-0.2, -0.15) is 0 Å². The van der Waals surface area contributed by atoms with Gasteiger partial charge >= 0.3 is 0 Å². The van der Waals surface area contributed by atoms with Crippen molar-refractivity contribution < 1.29 is 0 Å². The minimum absolute atomic E-state index is 0.0365. The van der Waals surface area contributed by atoms with Crippen LogP contribution in [0.1, 0.15) is 56.0 Å². The van der Waals surface area contributed by atoms with Gasteiger partial charge in [-0.25, -0.2) is 9.97 Å². The van der Waals surface area contributed by atoms with Crippen LogP contribution in [0.3, 0.4) is 0 Å². The Kier molecular flexibility index (Phi) is 12.0. The second-order valence-corrected chi connectivity index (χ2v) is 12.0. The molecule has 0 aliphatic heterocycles. The number of benzene rings is 1. The summed E-state index contributed by atoms with van der Waals surface area (Å²) in [6.07, 6.45) is 5.38. The number of azo groups is 1. The van der Waals surface area contributed by atoms with Gasteiger partial charge in [-0.3, -0.25) is 15.8 Å². The summed E-state index contributed by atoms with van der Waals surface area (Å²) in [5.74, 6) is -4.11. The maximum absolute atomic E-state index is 8.86. The van der Waals surface area contributed by atoms with Crippen molar-refractivity contribution in [3.8, 4) is 34.6 Å². The second-order valence-electron chi connectivity index (χ2n) is 12.0. The summed E-state index contributed by atoms with van der Waals surface area (Å²) in [5.41, 5.74) is 13.7. The highest BCUT2D eigenvalue weighted by Gasteiger charge is 2.46. The first-order chi connectivity index (χ1) is 27.2. The van der Waals surface area contributed by atoms with Crippen molar-refractivity contribution in [1.29, 1.82) is 10.8 Å². The molecule has 6 N–H and O–H groups in total. The van der Waals surface area contributed by atoms with Gasteiger partial charge < -0.3 is 11.5 Å². The Morgan fingerprint density at radius 2 is 1.20 bits per heavy atom. The van der Waals surface area contributed by atoms with E-state index in [-0.39, 0.29) is 58.3 Å². The highest BCUT2D eigenvalue weighted by Crippen LogP contribution is 2.46. The Morgan fingerprint density at radius 1 is 0.625 bits per heavy atom. The van der Waals surface area contributed by atoms with E-state index in [4.69, 9.17) is 22.3 Å². The first-order valence-corrected chi connectivity index (χ1v) is 16.8.